The predicted molar refractivity (Wildman–Crippen MR) is 108 cm³/mol. The quantitative estimate of drug-likeness (QED) is 0.752. The summed E-state index contributed by atoms with van der Waals surface area (Å²) in [5.41, 5.74) is 9.06. The minimum Gasteiger partial charge on any atom is -0.352 e. The Morgan fingerprint density at radius 3 is 2.24 bits per heavy atom. The molecule has 4 rings (SSSR count). The molecular weight excluding hydrogens is 324 g/mol. The van der Waals surface area contributed by atoms with E-state index in [0.29, 0.717) is 5.11 Å². The Balaban J connectivity index is 1.71. The maximum atomic E-state index is 5.48. The molecule has 0 fully saturated rings. The van der Waals surface area contributed by atoms with Crippen LogP contribution < -0.4 is 10.6 Å². The zero-order valence-electron chi connectivity index (χ0n) is 14.6. The highest BCUT2D eigenvalue weighted by molar-refractivity contribution is 7.80. The number of nitrogens with one attached hydrogen (secondary N) is 2. The maximum absolute atomic E-state index is 5.48. The zero-order chi connectivity index (χ0) is 17.4. The van der Waals surface area contributed by atoms with Gasteiger partial charge in [-0.15, -0.1) is 0 Å². The summed E-state index contributed by atoms with van der Waals surface area (Å²) in [6.07, 6.45) is 4.40. The van der Waals surface area contributed by atoms with Crippen molar-refractivity contribution in [3.63, 3.8) is 0 Å². The van der Waals surface area contributed by atoms with Crippen molar-refractivity contribution < 1.29 is 0 Å². The number of thiocarbonyl (C=S) groups is 1. The smallest absolute Gasteiger partial charge is 0.171 e. The molecule has 3 heteroatoms. The van der Waals surface area contributed by atoms with Crippen LogP contribution in [0.4, 0.5) is 0 Å². The second-order valence-electron chi connectivity index (χ2n) is 6.92. The van der Waals surface area contributed by atoms with Crippen LogP contribution in [0.2, 0.25) is 0 Å². The molecule has 2 aromatic carbocycles. The van der Waals surface area contributed by atoms with Crippen molar-refractivity contribution in [2.24, 2.45) is 0 Å². The third kappa shape index (κ3) is 3.24. The Bertz CT molecular complexity index is 873. The number of benzene rings is 2. The fraction of sp³-hybridized carbons (Fsp3) is 0.227. The molecule has 1 aliphatic carbocycles. The Hall–Kier alpha value is -2.39. The lowest BCUT2D eigenvalue weighted by Crippen LogP contribution is -2.42. The molecular formula is C22H22N2S. The first-order valence-corrected chi connectivity index (χ1v) is 9.16. The molecule has 126 valence electrons. The van der Waals surface area contributed by atoms with E-state index in [1.54, 1.807) is 0 Å². The van der Waals surface area contributed by atoms with Crippen molar-refractivity contribution in [1.82, 2.24) is 10.6 Å². The monoisotopic (exact) mass is 346 g/mol. The van der Waals surface area contributed by atoms with Crippen molar-refractivity contribution in [2.45, 2.75) is 32.7 Å². The Labute approximate surface area is 154 Å². The lowest BCUT2D eigenvalue weighted by Gasteiger charge is -2.29. The van der Waals surface area contributed by atoms with E-state index in [-0.39, 0.29) is 6.04 Å². The van der Waals surface area contributed by atoms with Crippen molar-refractivity contribution in [2.75, 3.05) is 0 Å². The van der Waals surface area contributed by atoms with Crippen LogP contribution in [0.1, 0.15) is 41.1 Å². The fourth-order valence-corrected chi connectivity index (χ4v) is 3.81. The molecule has 0 amide bonds. The summed E-state index contributed by atoms with van der Waals surface area (Å²) < 4.78 is 0. The number of allylic oxidation sites excluding steroid dienone is 1. The zero-order valence-corrected chi connectivity index (χ0v) is 15.4. The average molecular weight is 346 g/mol. The summed E-state index contributed by atoms with van der Waals surface area (Å²) in [7, 11) is 0. The Kier molecular flexibility index (Phi) is 4.18. The first kappa shape index (κ1) is 16.1. The lowest BCUT2D eigenvalue weighted by atomic mass is 9.95. The molecule has 2 N–H and O–H groups in total. The molecule has 0 radical (unpaired) electrons. The van der Waals surface area contributed by atoms with Gasteiger partial charge in [-0.3, -0.25) is 0 Å². The van der Waals surface area contributed by atoms with Gasteiger partial charge in [0.1, 0.15) is 0 Å². The van der Waals surface area contributed by atoms with Crippen LogP contribution in [0.25, 0.3) is 6.08 Å². The molecule has 2 nitrogen and oxygen atoms in total. The topological polar surface area (TPSA) is 24.1 Å². The number of hydrogen-bond acceptors (Lipinski definition) is 1. The van der Waals surface area contributed by atoms with Crippen LogP contribution in [-0.2, 0) is 0 Å². The molecule has 0 saturated carbocycles. The van der Waals surface area contributed by atoms with Crippen molar-refractivity contribution in [3.05, 3.63) is 87.6 Å². The molecule has 0 aromatic heterocycles. The largest absolute Gasteiger partial charge is 0.352 e. The van der Waals surface area contributed by atoms with Gasteiger partial charge in [-0.25, -0.2) is 0 Å². The molecule has 2 aliphatic rings. The third-order valence-corrected chi connectivity index (χ3v) is 5.22. The van der Waals surface area contributed by atoms with Crippen LogP contribution in [0.5, 0.6) is 0 Å². The number of hydrogen-bond donors (Lipinski definition) is 2. The number of aryl methyl sites for hydroxylation is 2. The molecule has 0 bridgehead atoms. The first-order chi connectivity index (χ1) is 12.1. The average Bonchev–Trinajstić information content (AvgIpc) is 3.00. The van der Waals surface area contributed by atoms with Gasteiger partial charge in [-0.05, 0) is 67.3 Å². The van der Waals surface area contributed by atoms with Crippen LogP contribution in [-0.4, -0.2) is 5.11 Å². The standard InChI is InChI=1S/C22H22N2S/c1-14-3-7-16(8-4-14)13-18-11-12-19-20(23-22(25)24-21(18)19)17-9-5-15(2)6-10-17/h3-10,13,20H,11-12H2,1-2H3,(H2,23,24,25)/b18-13+. The molecule has 0 spiro atoms. The number of rotatable bonds is 2. The van der Waals surface area contributed by atoms with E-state index in [0.717, 1.165) is 12.8 Å². The molecule has 1 aliphatic heterocycles. The van der Waals surface area contributed by atoms with Gasteiger partial charge >= 0.3 is 0 Å². The predicted octanol–water partition coefficient (Wildman–Crippen LogP) is 4.95. The normalized spacial score (nSPS) is 21.1. The second kappa shape index (κ2) is 6.49. The Morgan fingerprint density at radius 2 is 1.56 bits per heavy atom. The minimum atomic E-state index is 0.174. The highest BCUT2D eigenvalue weighted by Gasteiger charge is 2.31. The summed E-state index contributed by atoms with van der Waals surface area (Å²) in [6, 6.07) is 17.6. The summed E-state index contributed by atoms with van der Waals surface area (Å²) in [5, 5.41) is 7.56. The van der Waals surface area contributed by atoms with Crippen LogP contribution in [0.15, 0.2) is 65.4 Å². The van der Waals surface area contributed by atoms with E-state index < -0.39 is 0 Å². The summed E-state index contributed by atoms with van der Waals surface area (Å²) >= 11 is 5.48. The fourth-order valence-electron chi connectivity index (χ4n) is 3.59. The van der Waals surface area contributed by atoms with Gasteiger partial charge in [0.25, 0.3) is 0 Å². The van der Waals surface area contributed by atoms with Crippen LogP contribution in [0.3, 0.4) is 0 Å². The summed E-state index contributed by atoms with van der Waals surface area (Å²) in [6.45, 7) is 4.24. The summed E-state index contributed by atoms with van der Waals surface area (Å²) in [5.74, 6) is 0. The maximum Gasteiger partial charge on any atom is 0.171 e. The Morgan fingerprint density at radius 1 is 0.920 bits per heavy atom. The van der Waals surface area contributed by atoms with Crippen molar-refractivity contribution in [1.29, 1.82) is 0 Å². The highest BCUT2D eigenvalue weighted by Crippen LogP contribution is 2.40. The van der Waals surface area contributed by atoms with Gasteiger partial charge in [0.15, 0.2) is 5.11 Å². The van der Waals surface area contributed by atoms with Gasteiger partial charge in [0, 0.05) is 5.70 Å². The SMILES string of the molecule is Cc1ccc(/C=C2\CCC3=C2NC(=S)NC3c2ccc(C)cc2)cc1. The molecule has 25 heavy (non-hydrogen) atoms. The first-order valence-electron chi connectivity index (χ1n) is 8.75. The van der Waals surface area contributed by atoms with Gasteiger partial charge in [0.2, 0.25) is 0 Å². The van der Waals surface area contributed by atoms with Gasteiger partial charge in [-0.2, -0.15) is 0 Å². The molecule has 2 aromatic rings. The van der Waals surface area contributed by atoms with E-state index in [1.807, 2.05) is 0 Å². The molecule has 0 saturated heterocycles. The van der Waals surface area contributed by atoms with Crippen LogP contribution in [0, 0.1) is 13.8 Å². The van der Waals surface area contributed by atoms with Crippen molar-refractivity contribution in [3.8, 4) is 0 Å². The van der Waals surface area contributed by atoms with E-state index in [2.05, 4.69) is 79.1 Å². The molecule has 1 atom stereocenters. The minimum absolute atomic E-state index is 0.174. The van der Waals surface area contributed by atoms with Crippen LogP contribution >= 0.6 is 12.2 Å². The summed E-state index contributed by atoms with van der Waals surface area (Å²) in [4.78, 5) is 0. The molecule has 1 unspecified atom stereocenters. The van der Waals surface area contributed by atoms with Crippen molar-refractivity contribution >= 4 is 23.4 Å². The van der Waals surface area contributed by atoms with Gasteiger partial charge < -0.3 is 10.6 Å². The molecule has 1 heterocycles. The van der Waals surface area contributed by atoms with E-state index in [1.165, 1.54) is 39.1 Å². The second-order valence-corrected chi connectivity index (χ2v) is 7.33. The van der Waals surface area contributed by atoms with Gasteiger partial charge in [-0.1, -0.05) is 59.7 Å². The third-order valence-electron chi connectivity index (χ3n) is 5.00. The highest BCUT2D eigenvalue weighted by atomic mass is 32.1. The van der Waals surface area contributed by atoms with E-state index in [4.69, 9.17) is 12.2 Å². The lowest BCUT2D eigenvalue weighted by molar-refractivity contribution is 0.683. The van der Waals surface area contributed by atoms with Gasteiger partial charge in [0.05, 0.1) is 6.04 Å². The van der Waals surface area contributed by atoms with E-state index >= 15 is 0 Å². The van der Waals surface area contributed by atoms with E-state index in [9.17, 15) is 0 Å².